The minimum absolute atomic E-state index is 0.132. The first-order valence-corrected chi connectivity index (χ1v) is 6.78. The molecule has 3 heteroatoms. The van der Waals surface area contributed by atoms with Crippen LogP contribution in [-0.4, -0.2) is 36.6 Å². The van der Waals surface area contributed by atoms with Crippen LogP contribution >= 0.6 is 0 Å². The second kappa shape index (κ2) is 5.81. The fourth-order valence-corrected chi connectivity index (χ4v) is 2.57. The molecule has 2 nitrogen and oxygen atoms in total. The van der Waals surface area contributed by atoms with E-state index in [1.165, 1.54) is 6.07 Å². The van der Waals surface area contributed by atoms with Crippen molar-refractivity contribution in [3.05, 3.63) is 35.6 Å². The highest BCUT2D eigenvalue weighted by molar-refractivity contribution is 5.16. The molecule has 1 N–H and O–H groups in total. The lowest BCUT2D eigenvalue weighted by Gasteiger charge is -2.41. The van der Waals surface area contributed by atoms with E-state index in [0.717, 1.165) is 44.6 Å². The Labute approximate surface area is 109 Å². The molecule has 0 unspecified atom stereocenters. The number of halogens is 1. The molecule has 1 aromatic carbocycles. The predicted octanol–water partition coefficient (Wildman–Crippen LogP) is 2.44. The molecule has 2 rings (SSSR count). The Morgan fingerprint density at radius 1 is 1.28 bits per heavy atom. The van der Waals surface area contributed by atoms with Crippen LogP contribution in [0.25, 0.3) is 0 Å². The van der Waals surface area contributed by atoms with Crippen molar-refractivity contribution in [2.75, 3.05) is 26.2 Å². The van der Waals surface area contributed by atoms with Crippen LogP contribution in [0.2, 0.25) is 0 Å². The van der Waals surface area contributed by atoms with E-state index >= 15 is 0 Å². The molecule has 0 bridgehead atoms. The van der Waals surface area contributed by atoms with Gasteiger partial charge in [0.25, 0.3) is 0 Å². The first-order chi connectivity index (χ1) is 8.58. The van der Waals surface area contributed by atoms with Gasteiger partial charge in [-0.2, -0.15) is 0 Å². The van der Waals surface area contributed by atoms with Gasteiger partial charge >= 0.3 is 0 Å². The lowest BCUT2D eigenvalue weighted by atomic mass is 9.92. The molecule has 1 saturated heterocycles. The van der Waals surface area contributed by atoms with Crippen molar-refractivity contribution < 1.29 is 4.39 Å². The highest BCUT2D eigenvalue weighted by Crippen LogP contribution is 2.22. The maximum atomic E-state index is 13.1. The van der Waals surface area contributed by atoms with Gasteiger partial charge in [0.1, 0.15) is 5.82 Å². The minimum atomic E-state index is -0.132. The molecule has 0 aliphatic carbocycles. The predicted molar refractivity (Wildman–Crippen MR) is 73.2 cm³/mol. The second-order valence-electron chi connectivity index (χ2n) is 5.68. The molecular formula is C15H23FN2. The molecule has 0 amide bonds. The average Bonchev–Trinajstić information content (AvgIpc) is 2.38. The van der Waals surface area contributed by atoms with E-state index in [9.17, 15) is 4.39 Å². The number of nitrogens with one attached hydrogen (secondary N) is 1. The smallest absolute Gasteiger partial charge is 0.123 e. The quantitative estimate of drug-likeness (QED) is 0.883. The summed E-state index contributed by atoms with van der Waals surface area (Å²) in [6.07, 6.45) is 2.01. The second-order valence-corrected chi connectivity index (χ2v) is 5.68. The van der Waals surface area contributed by atoms with Gasteiger partial charge < -0.3 is 5.32 Å². The van der Waals surface area contributed by atoms with Gasteiger partial charge in [0, 0.05) is 31.7 Å². The van der Waals surface area contributed by atoms with Crippen LogP contribution in [0, 0.1) is 5.82 Å². The van der Waals surface area contributed by atoms with Crippen LogP contribution < -0.4 is 5.32 Å². The van der Waals surface area contributed by atoms with E-state index in [1.54, 1.807) is 12.1 Å². The Hall–Kier alpha value is -0.930. The Kier molecular flexibility index (Phi) is 4.36. The molecule has 1 aliphatic rings. The third-order valence-electron chi connectivity index (χ3n) is 3.89. The van der Waals surface area contributed by atoms with Crippen LogP contribution in [0.15, 0.2) is 24.3 Å². The third kappa shape index (κ3) is 3.53. The van der Waals surface area contributed by atoms with E-state index in [-0.39, 0.29) is 11.4 Å². The zero-order valence-corrected chi connectivity index (χ0v) is 11.4. The molecular weight excluding hydrogens is 227 g/mol. The van der Waals surface area contributed by atoms with Crippen molar-refractivity contribution in [2.24, 2.45) is 0 Å². The summed E-state index contributed by atoms with van der Waals surface area (Å²) in [5.41, 5.74) is 1.28. The summed E-state index contributed by atoms with van der Waals surface area (Å²) in [4.78, 5) is 2.53. The summed E-state index contributed by atoms with van der Waals surface area (Å²) in [5.74, 6) is -0.132. The van der Waals surface area contributed by atoms with Crippen LogP contribution in [0.5, 0.6) is 0 Å². The molecule has 0 spiro atoms. The van der Waals surface area contributed by atoms with Gasteiger partial charge in [-0.15, -0.1) is 0 Å². The third-order valence-corrected chi connectivity index (χ3v) is 3.89. The molecule has 100 valence electrons. The average molecular weight is 250 g/mol. The van der Waals surface area contributed by atoms with Gasteiger partial charge in [0.2, 0.25) is 0 Å². The fourth-order valence-electron chi connectivity index (χ4n) is 2.57. The van der Waals surface area contributed by atoms with Gasteiger partial charge in [-0.25, -0.2) is 4.39 Å². The van der Waals surface area contributed by atoms with Crippen molar-refractivity contribution in [2.45, 2.75) is 32.2 Å². The number of hydrogen-bond acceptors (Lipinski definition) is 2. The van der Waals surface area contributed by atoms with Crippen LogP contribution in [0.4, 0.5) is 4.39 Å². The fraction of sp³-hybridized carbons (Fsp3) is 0.600. The van der Waals surface area contributed by atoms with Gasteiger partial charge in [-0.1, -0.05) is 12.1 Å². The zero-order valence-electron chi connectivity index (χ0n) is 11.4. The summed E-state index contributed by atoms with van der Waals surface area (Å²) < 4.78 is 13.1. The molecule has 1 fully saturated rings. The number of benzene rings is 1. The summed E-state index contributed by atoms with van der Waals surface area (Å²) in [7, 11) is 0. The van der Waals surface area contributed by atoms with E-state index in [4.69, 9.17) is 0 Å². The van der Waals surface area contributed by atoms with Gasteiger partial charge in [-0.05, 0) is 44.4 Å². The molecule has 1 aromatic rings. The van der Waals surface area contributed by atoms with Crippen molar-refractivity contribution in [3.8, 4) is 0 Å². The lowest BCUT2D eigenvalue weighted by Crippen LogP contribution is -2.53. The summed E-state index contributed by atoms with van der Waals surface area (Å²) >= 11 is 0. The maximum absolute atomic E-state index is 13.1. The van der Waals surface area contributed by atoms with Crippen LogP contribution in [0.3, 0.4) is 0 Å². The van der Waals surface area contributed by atoms with Gasteiger partial charge in [0.15, 0.2) is 0 Å². The molecule has 0 saturated carbocycles. The zero-order chi connectivity index (χ0) is 13.0. The maximum Gasteiger partial charge on any atom is 0.123 e. The van der Waals surface area contributed by atoms with E-state index in [2.05, 4.69) is 24.1 Å². The Morgan fingerprint density at radius 2 is 2.00 bits per heavy atom. The Morgan fingerprint density at radius 3 is 2.67 bits per heavy atom. The number of nitrogens with zero attached hydrogens (tertiary/aromatic N) is 1. The molecule has 0 atom stereocenters. The highest BCUT2D eigenvalue weighted by Gasteiger charge is 2.27. The highest BCUT2D eigenvalue weighted by atomic mass is 19.1. The number of rotatable bonds is 4. The number of piperazine rings is 1. The largest absolute Gasteiger partial charge is 0.314 e. The molecule has 18 heavy (non-hydrogen) atoms. The standard InChI is InChI=1S/C15H23FN2/c1-15(2,18-10-8-17-9-11-18)7-6-13-4-3-5-14(16)12-13/h3-5,12,17H,6-11H2,1-2H3. The number of aryl methyl sites for hydroxylation is 1. The van der Waals surface area contributed by atoms with E-state index in [0.29, 0.717) is 0 Å². The van der Waals surface area contributed by atoms with Gasteiger partial charge in [0.05, 0.1) is 0 Å². The van der Waals surface area contributed by atoms with E-state index in [1.807, 2.05) is 6.07 Å². The normalized spacial score (nSPS) is 17.9. The topological polar surface area (TPSA) is 15.3 Å². The van der Waals surface area contributed by atoms with Crippen molar-refractivity contribution in [1.82, 2.24) is 10.2 Å². The van der Waals surface area contributed by atoms with Crippen molar-refractivity contribution in [3.63, 3.8) is 0 Å². The SMILES string of the molecule is CC(C)(CCc1cccc(F)c1)N1CCNCC1. The van der Waals surface area contributed by atoms with Crippen molar-refractivity contribution in [1.29, 1.82) is 0 Å². The lowest BCUT2D eigenvalue weighted by molar-refractivity contribution is 0.0959. The molecule has 1 aliphatic heterocycles. The Bertz CT molecular complexity index is 384. The van der Waals surface area contributed by atoms with Crippen molar-refractivity contribution >= 4 is 0 Å². The van der Waals surface area contributed by atoms with Crippen LogP contribution in [0.1, 0.15) is 25.8 Å². The Balaban J connectivity index is 1.91. The minimum Gasteiger partial charge on any atom is -0.314 e. The number of hydrogen-bond donors (Lipinski definition) is 1. The first kappa shape index (κ1) is 13.5. The van der Waals surface area contributed by atoms with Crippen LogP contribution in [-0.2, 0) is 6.42 Å². The van der Waals surface area contributed by atoms with E-state index < -0.39 is 0 Å². The summed E-state index contributed by atoms with van der Waals surface area (Å²) in [6, 6.07) is 6.96. The summed E-state index contributed by atoms with van der Waals surface area (Å²) in [5, 5.41) is 3.38. The molecule has 1 heterocycles. The van der Waals surface area contributed by atoms with Gasteiger partial charge in [-0.3, -0.25) is 4.90 Å². The molecule has 0 radical (unpaired) electrons. The first-order valence-electron chi connectivity index (χ1n) is 6.78. The summed E-state index contributed by atoms with van der Waals surface area (Å²) in [6.45, 7) is 8.94. The molecule has 0 aromatic heterocycles. The monoisotopic (exact) mass is 250 g/mol.